The highest BCUT2D eigenvalue weighted by Gasteiger charge is 2.05. The van der Waals surface area contributed by atoms with Gasteiger partial charge in [0.1, 0.15) is 0 Å². The van der Waals surface area contributed by atoms with E-state index in [9.17, 15) is 0 Å². The number of nitrogens with one attached hydrogen (secondary N) is 1. The number of hydrogen-bond acceptors (Lipinski definition) is 3. The molecule has 0 heterocycles. The van der Waals surface area contributed by atoms with Crippen molar-refractivity contribution in [3.8, 4) is 0 Å². The summed E-state index contributed by atoms with van der Waals surface area (Å²) in [6, 6.07) is 0. The maximum Gasteiger partial charge on any atom is 0.245 e. The average Bonchev–Trinajstić information content (AvgIpc) is 1.83. The van der Waals surface area contributed by atoms with Gasteiger partial charge >= 0.3 is 0 Å². The van der Waals surface area contributed by atoms with Crippen LogP contribution in [0.3, 0.4) is 0 Å². The molecule has 0 spiro atoms. The Morgan fingerprint density at radius 3 is 2.50 bits per heavy atom. The molecule has 0 fully saturated rings. The van der Waals surface area contributed by atoms with Gasteiger partial charge in [-0.1, -0.05) is 19.7 Å². The quantitative estimate of drug-likeness (QED) is 0.380. The van der Waals surface area contributed by atoms with Crippen LogP contribution in [-0.4, -0.2) is 13.3 Å². The molecule has 8 heavy (non-hydrogen) atoms. The van der Waals surface area contributed by atoms with Gasteiger partial charge in [-0.3, -0.25) is 0 Å². The standard InChI is InChI=1S/C4H13BN2S/c1-2-3-5(4-6)7-8/h7-8H,2-4,6H2,1H3. The highest BCUT2D eigenvalue weighted by Crippen LogP contribution is 1.91. The van der Waals surface area contributed by atoms with E-state index in [1.54, 1.807) is 0 Å². The van der Waals surface area contributed by atoms with Crippen LogP contribution >= 0.6 is 12.8 Å². The summed E-state index contributed by atoms with van der Waals surface area (Å²) in [5, 5.41) is 0. The molecule has 0 amide bonds. The minimum absolute atomic E-state index is 0.392. The summed E-state index contributed by atoms with van der Waals surface area (Å²) in [6.45, 7) is 2.52. The van der Waals surface area contributed by atoms with Crippen LogP contribution in [0.2, 0.25) is 6.32 Å². The van der Waals surface area contributed by atoms with Crippen molar-refractivity contribution in [1.82, 2.24) is 4.63 Å². The van der Waals surface area contributed by atoms with Crippen molar-refractivity contribution in [2.75, 3.05) is 6.44 Å². The van der Waals surface area contributed by atoms with Gasteiger partial charge < -0.3 is 10.4 Å². The third-order valence-corrected chi connectivity index (χ3v) is 1.47. The van der Waals surface area contributed by atoms with Crippen molar-refractivity contribution < 1.29 is 0 Å². The van der Waals surface area contributed by atoms with E-state index >= 15 is 0 Å². The molecule has 2 nitrogen and oxygen atoms in total. The molecule has 0 unspecified atom stereocenters. The molecule has 4 heteroatoms. The van der Waals surface area contributed by atoms with Crippen molar-refractivity contribution in [2.45, 2.75) is 19.7 Å². The molecule has 0 aliphatic rings. The fraction of sp³-hybridized carbons (Fsp3) is 1.00. The zero-order valence-corrected chi connectivity index (χ0v) is 6.12. The van der Waals surface area contributed by atoms with Gasteiger partial charge in [0.15, 0.2) is 0 Å². The number of rotatable bonds is 4. The van der Waals surface area contributed by atoms with Gasteiger partial charge in [-0.25, -0.2) is 0 Å². The molecule has 0 aliphatic heterocycles. The molecule has 0 atom stereocenters. The molecule has 0 bridgehead atoms. The molecule has 0 rings (SSSR count). The Hall–Kier alpha value is 0.335. The molecule has 0 aliphatic carbocycles. The minimum Gasteiger partial charge on any atom is -0.336 e. The van der Waals surface area contributed by atoms with Crippen LogP contribution in [0.4, 0.5) is 0 Å². The van der Waals surface area contributed by atoms with E-state index < -0.39 is 0 Å². The first-order valence-corrected chi connectivity index (χ1v) is 3.39. The molecule has 48 valence electrons. The lowest BCUT2D eigenvalue weighted by atomic mass is 9.60. The van der Waals surface area contributed by atoms with Crippen LogP contribution in [0.5, 0.6) is 0 Å². The zero-order chi connectivity index (χ0) is 6.41. The van der Waals surface area contributed by atoms with Crippen LogP contribution < -0.4 is 10.4 Å². The zero-order valence-electron chi connectivity index (χ0n) is 5.22. The molecule has 0 aromatic carbocycles. The average molecular weight is 132 g/mol. The van der Waals surface area contributed by atoms with E-state index in [1.807, 2.05) is 0 Å². The topological polar surface area (TPSA) is 38.0 Å². The summed E-state index contributed by atoms with van der Waals surface area (Å²) >= 11 is 3.90. The first-order chi connectivity index (χ1) is 3.85. The fourth-order valence-corrected chi connectivity index (χ4v) is 0.818. The van der Waals surface area contributed by atoms with Crippen LogP contribution in [-0.2, 0) is 0 Å². The lowest BCUT2D eigenvalue weighted by Gasteiger charge is -2.04. The monoisotopic (exact) mass is 132 g/mol. The van der Waals surface area contributed by atoms with E-state index in [2.05, 4.69) is 24.4 Å². The second-order valence-electron chi connectivity index (χ2n) is 1.85. The largest absolute Gasteiger partial charge is 0.336 e. The van der Waals surface area contributed by atoms with Gasteiger partial charge in [-0.05, 0) is 6.44 Å². The van der Waals surface area contributed by atoms with Crippen molar-refractivity contribution in [2.24, 2.45) is 5.73 Å². The molecule has 0 aromatic rings. The second kappa shape index (κ2) is 5.47. The maximum absolute atomic E-state index is 5.36. The summed E-state index contributed by atoms with van der Waals surface area (Å²) in [7, 11) is 0. The van der Waals surface area contributed by atoms with Gasteiger partial charge in [0.05, 0.1) is 0 Å². The van der Waals surface area contributed by atoms with Crippen LogP contribution in [0.15, 0.2) is 0 Å². The van der Waals surface area contributed by atoms with Gasteiger partial charge in [0.25, 0.3) is 0 Å². The Morgan fingerprint density at radius 1 is 1.75 bits per heavy atom. The van der Waals surface area contributed by atoms with Crippen LogP contribution in [0.25, 0.3) is 0 Å². The lowest BCUT2D eigenvalue weighted by Crippen LogP contribution is -2.35. The van der Waals surface area contributed by atoms with Crippen molar-refractivity contribution in [1.29, 1.82) is 0 Å². The maximum atomic E-state index is 5.36. The molecular formula is C4H13BN2S. The van der Waals surface area contributed by atoms with Crippen LogP contribution in [0.1, 0.15) is 13.3 Å². The highest BCUT2D eigenvalue weighted by molar-refractivity contribution is 7.79. The van der Waals surface area contributed by atoms with Crippen LogP contribution in [0, 0.1) is 0 Å². The first kappa shape index (κ1) is 8.33. The third-order valence-electron chi connectivity index (χ3n) is 1.10. The number of hydrogen-bond donors (Lipinski definition) is 3. The third kappa shape index (κ3) is 3.35. The van der Waals surface area contributed by atoms with Crippen molar-refractivity contribution in [3.05, 3.63) is 0 Å². The fourth-order valence-electron chi connectivity index (χ4n) is 0.584. The Bertz CT molecular complexity index is 49.3. The van der Waals surface area contributed by atoms with Gasteiger partial charge in [-0.2, -0.15) is 0 Å². The van der Waals surface area contributed by atoms with E-state index in [4.69, 9.17) is 5.73 Å². The normalized spacial score (nSPS) is 9.38. The lowest BCUT2D eigenvalue weighted by molar-refractivity contribution is 1.04. The van der Waals surface area contributed by atoms with Crippen molar-refractivity contribution in [3.63, 3.8) is 0 Å². The van der Waals surface area contributed by atoms with E-state index in [1.165, 1.54) is 0 Å². The molecular weight excluding hydrogens is 119 g/mol. The van der Waals surface area contributed by atoms with E-state index in [0.717, 1.165) is 12.7 Å². The number of nitrogens with two attached hydrogens (primary N) is 1. The van der Waals surface area contributed by atoms with E-state index in [0.29, 0.717) is 13.3 Å². The predicted octanol–water partition coefficient (Wildman–Crippen LogP) is 0.320. The molecule has 0 saturated heterocycles. The summed E-state index contributed by atoms with van der Waals surface area (Å²) in [5.41, 5.74) is 5.36. The number of thiol groups is 1. The Morgan fingerprint density at radius 2 is 2.38 bits per heavy atom. The minimum atomic E-state index is 0.392. The smallest absolute Gasteiger partial charge is 0.245 e. The predicted molar refractivity (Wildman–Crippen MR) is 42.0 cm³/mol. The molecule has 0 aromatic heterocycles. The summed E-state index contributed by atoms with van der Waals surface area (Å²) in [5.74, 6) is 0. The van der Waals surface area contributed by atoms with Gasteiger partial charge in [0, 0.05) is 0 Å². The highest BCUT2D eigenvalue weighted by atomic mass is 32.1. The van der Waals surface area contributed by atoms with E-state index in [-0.39, 0.29) is 0 Å². The Kier molecular flexibility index (Phi) is 5.70. The summed E-state index contributed by atoms with van der Waals surface area (Å²) in [4.78, 5) is 0. The SMILES string of the molecule is CCCB(CN)NS. The Labute approximate surface area is 56.9 Å². The molecule has 0 radical (unpaired) electrons. The molecule has 3 N–H and O–H groups in total. The molecule has 0 saturated carbocycles. The van der Waals surface area contributed by atoms with Crippen molar-refractivity contribution >= 4 is 19.7 Å². The second-order valence-corrected chi connectivity index (χ2v) is 2.11. The van der Waals surface area contributed by atoms with Gasteiger partial charge in [0.2, 0.25) is 6.85 Å². The summed E-state index contributed by atoms with van der Waals surface area (Å²) in [6.07, 6.45) is 2.95. The first-order valence-electron chi connectivity index (χ1n) is 2.94. The van der Waals surface area contributed by atoms with Gasteiger partial charge in [-0.15, -0.1) is 12.8 Å². The Balaban J connectivity index is 3.07. The summed E-state index contributed by atoms with van der Waals surface area (Å²) < 4.78 is 2.82.